The summed E-state index contributed by atoms with van der Waals surface area (Å²) in [4.78, 5) is 0. The van der Waals surface area contributed by atoms with E-state index in [1.54, 1.807) is 6.20 Å². The second-order valence-electron chi connectivity index (χ2n) is 4.10. The minimum atomic E-state index is -0.608. The van der Waals surface area contributed by atoms with Crippen LogP contribution < -0.4 is 0 Å². The molecule has 1 N–H and O–H groups in total. The lowest BCUT2D eigenvalue weighted by molar-refractivity contribution is 0.180. The van der Waals surface area contributed by atoms with E-state index in [-0.39, 0.29) is 5.41 Å². The molecule has 0 aliphatic heterocycles. The van der Waals surface area contributed by atoms with Gasteiger partial charge in [0.25, 0.3) is 0 Å². The standard InChI is InChI=1S/C10H14N2OS/c1-10(2,3)6-4-5-9(13)8-7-11-14-12-8/h7,9,13H,5H2,1-3H3. The summed E-state index contributed by atoms with van der Waals surface area (Å²) in [5, 5.41) is 9.61. The molecule has 0 amide bonds. The van der Waals surface area contributed by atoms with Crippen LogP contribution in [0.2, 0.25) is 0 Å². The monoisotopic (exact) mass is 210 g/mol. The van der Waals surface area contributed by atoms with Crippen LogP contribution in [0.3, 0.4) is 0 Å². The second-order valence-corrected chi connectivity index (χ2v) is 4.66. The normalized spacial score (nSPS) is 13.1. The van der Waals surface area contributed by atoms with Gasteiger partial charge in [-0.05, 0) is 20.8 Å². The number of aliphatic hydroxyl groups is 1. The van der Waals surface area contributed by atoms with Gasteiger partial charge in [-0.25, -0.2) is 0 Å². The summed E-state index contributed by atoms with van der Waals surface area (Å²) < 4.78 is 7.77. The van der Waals surface area contributed by atoms with E-state index < -0.39 is 6.10 Å². The van der Waals surface area contributed by atoms with E-state index in [0.29, 0.717) is 12.1 Å². The van der Waals surface area contributed by atoms with Crippen LogP contribution in [0, 0.1) is 17.3 Å². The minimum Gasteiger partial charge on any atom is -0.386 e. The van der Waals surface area contributed by atoms with Gasteiger partial charge in [-0.1, -0.05) is 11.8 Å². The molecular weight excluding hydrogens is 196 g/mol. The number of nitrogens with zero attached hydrogens (tertiary/aromatic N) is 2. The van der Waals surface area contributed by atoms with Gasteiger partial charge in [0.15, 0.2) is 0 Å². The van der Waals surface area contributed by atoms with Crippen molar-refractivity contribution in [3.05, 3.63) is 11.9 Å². The smallest absolute Gasteiger partial charge is 0.110 e. The fourth-order valence-electron chi connectivity index (χ4n) is 0.836. The van der Waals surface area contributed by atoms with E-state index in [4.69, 9.17) is 0 Å². The second kappa shape index (κ2) is 4.54. The summed E-state index contributed by atoms with van der Waals surface area (Å²) >= 11 is 1.10. The number of aromatic nitrogens is 2. The van der Waals surface area contributed by atoms with Crippen molar-refractivity contribution in [1.82, 2.24) is 8.75 Å². The molecule has 1 aromatic rings. The molecule has 3 nitrogen and oxygen atoms in total. The molecule has 1 atom stereocenters. The summed E-state index contributed by atoms with van der Waals surface area (Å²) in [5.74, 6) is 6.01. The van der Waals surface area contributed by atoms with Crippen molar-refractivity contribution in [2.45, 2.75) is 33.3 Å². The maximum Gasteiger partial charge on any atom is 0.110 e. The lowest BCUT2D eigenvalue weighted by atomic mass is 9.97. The number of aliphatic hydroxyl groups excluding tert-OH is 1. The SMILES string of the molecule is CC(C)(C)C#CCC(O)c1cnsn1. The van der Waals surface area contributed by atoms with Crippen LogP contribution >= 0.6 is 11.7 Å². The zero-order chi connectivity index (χ0) is 10.6. The number of hydrogen-bond acceptors (Lipinski definition) is 4. The summed E-state index contributed by atoms with van der Waals surface area (Å²) in [5.41, 5.74) is 0.596. The Kier molecular flexibility index (Phi) is 3.62. The van der Waals surface area contributed by atoms with Crippen molar-refractivity contribution < 1.29 is 5.11 Å². The summed E-state index contributed by atoms with van der Waals surface area (Å²) in [6.07, 6.45) is 1.39. The van der Waals surface area contributed by atoms with Crippen molar-refractivity contribution in [2.75, 3.05) is 0 Å². The minimum absolute atomic E-state index is 0.0138. The summed E-state index contributed by atoms with van der Waals surface area (Å²) in [7, 11) is 0. The van der Waals surface area contributed by atoms with Crippen LogP contribution in [0.5, 0.6) is 0 Å². The molecule has 1 unspecified atom stereocenters. The summed E-state index contributed by atoms with van der Waals surface area (Å²) in [6, 6.07) is 0. The van der Waals surface area contributed by atoms with Gasteiger partial charge in [0.05, 0.1) is 17.9 Å². The lowest BCUT2D eigenvalue weighted by Gasteiger charge is -2.07. The molecule has 1 aromatic heterocycles. The number of rotatable bonds is 2. The van der Waals surface area contributed by atoms with Crippen LogP contribution in [0.15, 0.2) is 6.20 Å². The van der Waals surface area contributed by atoms with Crippen LogP contribution in [0.1, 0.15) is 39.0 Å². The average Bonchev–Trinajstić information content (AvgIpc) is 2.53. The molecule has 0 spiro atoms. The molecule has 0 aliphatic carbocycles. The fourth-order valence-corrected chi connectivity index (χ4v) is 1.30. The Morgan fingerprint density at radius 2 is 2.29 bits per heavy atom. The first-order valence-electron chi connectivity index (χ1n) is 4.44. The Morgan fingerprint density at radius 3 is 2.79 bits per heavy atom. The first kappa shape index (κ1) is 11.2. The van der Waals surface area contributed by atoms with Gasteiger partial charge in [0, 0.05) is 11.8 Å². The van der Waals surface area contributed by atoms with Gasteiger partial charge >= 0.3 is 0 Å². The first-order chi connectivity index (χ1) is 6.49. The van der Waals surface area contributed by atoms with Crippen molar-refractivity contribution in [3.8, 4) is 11.8 Å². The Labute approximate surface area is 88.5 Å². The van der Waals surface area contributed by atoms with Gasteiger partial charge in [-0.2, -0.15) is 8.75 Å². The van der Waals surface area contributed by atoms with Gasteiger partial charge in [0.2, 0.25) is 0 Å². The van der Waals surface area contributed by atoms with Gasteiger partial charge in [0.1, 0.15) is 11.8 Å². The third kappa shape index (κ3) is 3.86. The molecular formula is C10H14N2OS. The first-order valence-corrected chi connectivity index (χ1v) is 5.17. The van der Waals surface area contributed by atoms with Crippen LogP contribution in [0.25, 0.3) is 0 Å². The van der Waals surface area contributed by atoms with E-state index in [0.717, 1.165) is 11.7 Å². The predicted molar refractivity (Wildman–Crippen MR) is 56.7 cm³/mol. The maximum absolute atomic E-state index is 9.61. The highest BCUT2D eigenvalue weighted by Gasteiger charge is 2.09. The van der Waals surface area contributed by atoms with Crippen molar-refractivity contribution in [3.63, 3.8) is 0 Å². The Morgan fingerprint density at radius 1 is 1.57 bits per heavy atom. The topological polar surface area (TPSA) is 46.0 Å². The van der Waals surface area contributed by atoms with Gasteiger partial charge in [-0.15, -0.1) is 0 Å². The van der Waals surface area contributed by atoms with Crippen molar-refractivity contribution in [1.29, 1.82) is 0 Å². The molecule has 1 heterocycles. The van der Waals surface area contributed by atoms with Gasteiger partial charge < -0.3 is 5.11 Å². The molecule has 0 saturated heterocycles. The molecule has 76 valence electrons. The molecule has 0 aliphatic rings. The highest BCUT2D eigenvalue weighted by atomic mass is 32.1. The Bertz CT molecular complexity index is 329. The molecule has 14 heavy (non-hydrogen) atoms. The molecule has 0 fully saturated rings. The van der Waals surface area contributed by atoms with E-state index in [9.17, 15) is 5.11 Å². The predicted octanol–water partition coefficient (Wildman–Crippen LogP) is 2.01. The zero-order valence-electron chi connectivity index (χ0n) is 8.61. The molecule has 0 radical (unpaired) electrons. The highest BCUT2D eigenvalue weighted by molar-refractivity contribution is 6.99. The lowest BCUT2D eigenvalue weighted by Crippen LogP contribution is -2.00. The van der Waals surface area contributed by atoms with Crippen LogP contribution in [-0.2, 0) is 0 Å². The molecule has 0 aromatic carbocycles. The van der Waals surface area contributed by atoms with Crippen molar-refractivity contribution in [2.24, 2.45) is 5.41 Å². The number of hydrogen-bond donors (Lipinski definition) is 1. The van der Waals surface area contributed by atoms with E-state index >= 15 is 0 Å². The Hall–Kier alpha value is -0.920. The maximum atomic E-state index is 9.61. The molecule has 4 heteroatoms. The Balaban J connectivity index is 2.50. The summed E-state index contributed by atoms with van der Waals surface area (Å²) in [6.45, 7) is 6.12. The van der Waals surface area contributed by atoms with Crippen molar-refractivity contribution >= 4 is 11.7 Å². The molecule has 0 saturated carbocycles. The third-order valence-corrected chi connectivity index (χ3v) is 1.97. The molecule has 1 rings (SSSR count). The average molecular weight is 210 g/mol. The van der Waals surface area contributed by atoms with E-state index in [2.05, 4.69) is 20.6 Å². The third-order valence-electron chi connectivity index (χ3n) is 1.48. The molecule has 0 bridgehead atoms. The largest absolute Gasteiger partial charge is 0.386 e. The highest BCUT2D eigenvalue weighted by Crippen LogP contribution is 2.15. The van der Waals surface area contributed by atoms with Gasteiger partial charge in [-0.3, -0.25) is 0 Å². The van der Waals surface area contributed by atoms with E-state index in [1.165, 1.54) is 0 Å². The zero-order valence-corrected chi connectivity index (χ0v) is 9.43. The van der Waals surface area contributed by atoms with E-state index in [1.807, 2.05) is 20.8 Å². The fraction of sp³-hybridized carbons (Fsp3) is 0.600. The quantitative estimate of drug-likeness (QED) is 0.759. The van der Waals surface area contributed by atoms with Crippen LogP contribution in [0.4, 0.5) is 0 Å². The van der Waals surface area contributed by atoms with Crippen LogP contribution in [-0.4, -0.2) is 13.9 Å².